The van der Waals surface area contributed by atoms with E-state index in [1.807, 2.05) is 31.2 Å². The van der Waals surface area contributed by atoms with Crippen LogP contribution in [-0.2, 0) is 13.0 Å². The van der Waals surface area contributed by atoms with Crippen LogP contribution in [0.2, 0.25) is 0 Å². The quantitative estimate of drug-likeness (QED) is 0.128. The predicted molar refractivity (Wildman–Crippen MR) is 171 cm³/mol. The van der Waals surface area contributed by atoms with Crippen molar-refractivity contribution in [3.63, 3.8) is 0 Å². The van der Waals surface area contributed by atoms with Crippen molar-refractivity contribution in [2.45, 2.75) is 136 Å². The number of nitrogens with one attached hydrogen (secondary N) is 1. The summed E-state index contributed by atoms with van der Waals surface area (Å²) in [6.07, 6.45) is 24.0. The fraction of sp³-hybridized carbons (Fsp3) is 0.611. The van der Waals surface area contributed by atoms with Crippen molar-refractivity contribution in [3.05, 3.63) is 65.5 Å². The number of aromatic nitrogens is 2. The number of rotatable bonds is 22. The van der Waals surface area contributed by atoms with Gasteiger partial charge in [-0.15, -0.1) is 0 Å². The minimum Gasteiger partial charge on any atom is -0.352 e. The first-order valence-electron chi connectivity index (χ1n) is 16.5. The van der Waals surface area contributed by atoms with Gasteiger partial charge in [-0.3, -0.25) is 4.79 Å². The van der Waals surface area contributed by atoms with Crippen molar-refractivity contribution in [2.75, 3.05) is 6.54 Å². The molecule has 40 heavy (non-hydrogen) atoms. The lowest BCUT2D eigenvalue weighted by atomic mass is 10.0. The number of para-hydroxylation sites is 2. The highest BCUT2D eigenvalue weighted by Crippen LogP contribution is 2.19. The Morgan fingerprint density at radius 1 is 0.700 bits per heavy atom. The highest BCUT2D eigenvalue weighted by Gasteiger charge is 2.11. The molecule has 0 aliphatic carbocycles. The van der Waals surface area contributed by atoms with Crippen LogP contribution in [0.25, 0.3) is 11.0 Å². The zero-order chi connectivity index (χ0) is 28.3. The number of amides is 1. The maximum absolute atomic E-state index is 12.4. The Kier molecular flexibility index (Phi) is 15.5. The Balaban J connectivity index is 1.27. The second kappa shape index (κ2) is 19.5. The lowest BCUT2D eigenvalue weighted by Gasteiger charge is -2.10. The van der Waals surface area contributed by atoms with E-state index in [0.29, 0.717) is 6.54 Å². The first kappa shape index (κ1) is 31.9. The van der Waals surface area contributed by atoms with E-state index in [1.165, 1.54) is 114 Å². The first-order chi connectivity index (χ1) is 19.7. The summed E-state index contributed by atoms with van der Waals surface area (Å²) in [5, 5.41) is 3.07. The lowest BCUT2D eigenvalue weighted by Crippen LogP contribution is -2.25. The van der Waals surface area contributed by atoms with E-state index in [4.69, 9.17) is 4.98 Å². The van der Waals surface area contributed by atoms with E-state index in [9.17, 15) is 4.79 Å². The molecule has 4 nitrogen and oxygen atoms in total. The van der Waals surface area contributed by atoms with Crippen molar-refractivity contribution in [3.8, 4) is 0 Å². The maximum Gasteiger partial charge on any atom is 0.251 e. The van der Waals surface area contributed by atoms with Gasteiger partial charge in [-0.1, -0.05) is 133 Å². The molecular formula is C36H55N3O. The highest BCUT2D eigenvalue weighted by molar-refractivity contribution is 5.94. The van der Waals surface area contributed by atoms with Crippen LogP contribution in [-0.4, -0.2) is 22.0 Å². The molecule has 0 saturated carbocycles. The number of aryl methyl sites for hydroxylation is 3. The summed E-state index contributed by atoms with van der Waals surface area (Å²) in [6, 6.07) is 16.2. The van der Waals surface area contributed by atoms with Crippen LogP contribution in [0.1, 0.15) is 138 Å². The molecular weight excluding hydrogens is 490 g/mol. The van der Waals surface area contributed by atoms with Gasteiger partial charge in [0.2, 0.25) is 0 Å². The van der Waals surface area contributed by atoms with Crippen molar-refractivity contribution in [2.24, 2.45) is 0 Å². The Hall–Kier alpha value is -2.62. The van der Waals surface area contributed by atoms with Gasteiger partial charge in [0, 0.05) is 25.1 Å². The fourth-order valence-corrected chi connectivity index (χ4v) is 5.64. The van der Waals surface area contributed by atoms with Gasteiger partial charge in [0.25, 0.3) is 5.91 Å². The van der Waals surface area contributed by atoms with Gasteiger partial charge < -0.3 is 9.88 Å². The normalized spacial score (nSPS) is 11.3. The summed E-state index contributed by atoms with van der Waals surface area (Å²) in [6.45, 7) is 6.02. The molecule has 1 aromatic heterocycles. The number of carbonyl (C=O) groups excluding carboxylic acids is 1. The molecule has 2 aromatic carbocycles. The number of hydrogen-bond donors (Lipinski definition) is 1. The van der Waals surface area contributed by atoms with Crippen LogP contribution >= 0.6 is 0 Å². The molecule has 1 heterocycles. The Labute approximate surface area is 244 Å². The number of fused-ring (bicyclic) bond motifs is 1. The molecule has 3 rings (SSSR count). The van der Waals surface area contributed by atoms with Gasteiger partial charge in [-0.25, -0.2) is 4.98 Å². The van der Waals surface area contributed by atoms with E-state index >= 15 is 0 Å². The Morgan fingerprint density at radius 3 is 1.85 bits per heavy atom. The SMILES string of the molecule is CCCCCCCCCCCCCCCCCCn1c(CCCNC(=O)c2ccc(C)cc2)nc2ccccc21. The van der Waals surface area contributed by atoms with Gasteiger partial charge in [0.1, 0.15) is 5.82 Å². The third kappa shape index (κ3) is 11.9. The molecule has 0 saturated heterocycles. The van der Waals surface area contributed by atoms with Gasteiger partial charge >= 0.3 is 0 Å². The van der Waals surface area contributed by atoms with Crippen LogP contribution in [0.15, 0.2) is 48.5 Å². The summed E-state index contributed by atoms with van der Waals surface area (Å²) in [5.74, 6) is 1.15. The third-order valence-corrected chi connectivity index (χ3v) is 8.15. The molecule has 0 spiro atoms. The molecule has 0 aliphatic heterocycles. The van der Waals surface area contributed by atoms with Crippen LogP contribution in [0.4, 0.5) is 0 Å². The topological polar surface area (TPSA) is 46.9 Å². The monoisotopic (exact) mass is 545 g/mol. The lowest BCUT2D eigenvalue weighted by molar-refractivity contribution is 0.0953. The third-order valence-electron chi connectivity index (χ3n) is 8.15. The zero-order valence-electron chi connectivity index (χ0n) is 25.6. The minimum atomic E-state index is 0.00155. The van der Waals surface area contributed by atoms with Gasteiger partial charge in [-0.2, -0.15) is 0 Å². The number of nitrogens with zero attached hydrogens (tertiary/aromatic N) is 2. The molecule has 0 bridgehead atoms. The number of unbranched alkanes of at least 4 members (excludes halogenated alkanes) is 15. The number of imidazole rings is 1. The highest BCUT2D eigenvalue weighted by atomic mass is 16.1. The fourth-order valence-electron chi connectivity index (χ4n) is 5.64. The van der Waals surface area contributed by atoms with E-state index in [0.717, 1.165) is 36.3 Å². The second-order valence-corrected chi connectivity index (χ2v) is 11.7. The predicted octanol–water partition coefficient (Wildman–Crippen LogP) is 9.97. The summed E-state index contributed by atoms with van der Waals surface area (Å²) in [7, 11) is 0. The summed E-state index contributed by atoms with van der Waals surface area (Å²) in [5.41, 5.74) is 4.21. The first-order valence-corrected chi connectivity index (χ1v) is 16.5. The van der Waals surface area contributed by atoms with Crippen LogP contribution in [0.3, 0.4) is 0 Å². The zero-order valence-corrected chi connectivity index (χ0v) is 25.6. The molecule has 1 N–H and O–H groups in total. The minimum absolute atomic E-state index is 0.00155. The van der Waals surface area contributed by atoms with Crippen LogP contribution in [0.5, 0.6) is 0 Å². The largest absolute Gasteiger partial charge is 0.352 e. The summed E-state index contributed by atoms with van der Waals surface area (Å²) < 4.78 is 2.42. The molecule has 4 heteroatoms. The van der Waals surface area contributed by atoms with E-state index in [1.54, 1.807) is 0 Å². The van der Waals surface area contributed by atoms with Crippen molar-refractivity contribution < 1.29 is 4.79 Å². The smallest absolute Gasteiger partial charge is 0.251 e. The van der Waals surface area contributed by atoms with Gasteiger partial charge in [-0.05, 0) is 44.0 Å². The van der Waals surface area contributed by atoms with E-state index in [2.05, 4.69) is 41.1 Å². The van der Waals surface area contributed by atoms with E-state index in [-0.39, 0.29) is 5.91 Å². The molecule has 0 atom stereocenters. The molecule has 0 aliphatic rings. The van der Waals surface area contributed by atoms with Crippen molar-refractivity contribution >= 4 is 16.9 Å². The summed E-state index contributed by atoms with van der Waals surface area (Å²) in [4.78, 5) is 17.4. The Morgan fingerprint density at radius 2 is 1.25 bits per heavy atom. The second-order valence-electron chi connectivity index (χ2n) is 11.7. The number of hydrogen-bond acceptors (Lipinski definition) is 2. The molecule has 220 valence electrons. The standard InChI is InChI=1S/C36H55N3O/c1-3-4-5-6-7-8-9-10-11-12-13-14-15-16-17-20-30-39-34-23-19-18-22-33(34)38-35(39)24-21-29-37-36(40)32-27-25-31(2)26-28-32/h18-19,22-23,25-28H,3-17,20-21,24,29-30H2,1-2H3,(H,37,40). The number of benzene rings is 2. The average molecular weight is 546 g/mol. The van der Waals surface area contributed by atoms with Crippen LogP contribution < -0.4 is 5.32 Å². The molecule has 0 fully saturated rings. The molecule has 1 amide bonds. The molecule has 3 aromatic rings. The van der Waals surface area contributed by atoms with E-state index < -0.39 is 0 Å². The molecule has 0 radical (unpaired) electrons. The van der Waals surface area contributed by atoms with Crippen LogP contribution in [0, 0.1) is 6.92 Å². The maximum atomic E-state index is 12.4. The average Bonchev–Trinajstić information content (AvgIpc) is 3.32. The Bertz CT molecular complexity index is 1090. The van der Waals surface area contributed by atoms with Crippen molar-refractivity contribution in [1.82, 2.24) is 14.9 Å². The van der Waals surface area contributed by atoms with Crippen molar-refractivity contribution in [1.29, 1.82) is 0 Å². The molecule has 0 unspecified atom stereocenters. The summed E-state index contributed by atoms with van der Waals surface area (Å²) >= 11 is 0. The van der Waals surface area contributed by atoms with Gasteiger partial charge in [0.15, 0.2) is 0 Å². The van der Waals surface area contributed by atoms with Gasteiger partial charge in [0.05, 0.1) is 11.0 Å². The number of carbonyl (C=O) groups is 1.